The van der Waals surface area contributed by atoms with Crippen molar-refractivity contribution in [2.45, 2.75) is 0 Å². The van der Waals surface area contributed by atoms with Crippen LogP contribution in [0.3, 0.4) is 0 Å². The van der Waals surface area contributed by atoms with Crippen LogP contribution in [-0.2, 0) is 4.57 Å². The summed E-state index contributed by atoms with van der Waals surface area (Å²) in [6, 6.07) is 0. The third-order valence-electron chi connectivity index (χ3n) is 0. The summed E-state index contributed by atoms with van der Waals surface area (Å²) >= 11 is 0. The van der Waals surface area contributed by atoms with E-state index >= 15 is 0 Å². The fourth-order valence-corrected chi connectivity index (χ4v) is 0. The van der Waals surface area contributed by atoms with Crippen LogP contribution in [0.5, 0.6) is 0 Å². The van der Waals surface area contributed by atoms with Gasteiger partial charge in [0, 0.05) is 0 Å². The average Bonchev–Trinajstić information content (AvgIpc) is 1.33. The van der Waals surface area contributed by atoms with Crippen LogP contribution in [0.1, 0.15) is 0 Å². The highest BCUT2D eigenvalue weighted by molar-refractivity contribution is 7.38. The zero-order valence-corrected chi connectivity index (χ0v) is 5.27. The summed E-state index contributed by atoms with van der Waals surface area (Å²) in [5.41, 5.74) is 0. The Labute approximate surface area is 42.5 Å². The number of hydrogen-bond acceptors (Lipinski definition) is 4. The van der Waals surface area contributed by atoms with Crippen molar-refractivity contribution in [3.63, 3.8) is 0 Å². The van der Waals surface area contributed by atoms with Gasteiger partial charge >= 0.3 is 8.60 Å². The maximum atomic E-state index is 8.57. The Bertz CT molecular complexity index is 30.3. The van der Waals surface area contributed by atoms with Gasteiger partial charge in [0.05, 0.1) is 0 Å². The van der Waals surface area contributed by atoms with Crippen LogP contribution in [0.2, 0.25) is 0 Å². The molecule has 1 atom stereocenters. The lowest BCUT2D eigenvalue weighted by molar-refractivity contribution is 0.368. The molecule has 0 aromatic heterocycles. The van der Waals surface area contributed by atoms with E-state index in [1.54, 1.807) is 0 Å². The molecule has 0 aliphatic rings. The first-order valence-electron chi connectivity index (χ1n) is 1.09. The predicted molar refractivity (Wildman–Crippen MR) is 26.2 cm³/mol. The molecule has 46 valence electrons. The van der Waals surface area contributed by atoms with Gasteiger partial charge in [-0.05, 0) is 0 Å². The minimum Gasteiger partial charge on any atom is -0.348 e. The van der Waals surface area contributed by atoms with Gasteiger partial charge in [-0.3, -0.25) is 4.57 Å². The summed E-state index contributed by atoms with van der Waals surface area (Å²) in [7, 11) is -4.12. The fourth-order valence-electron chi connectivity index (χ4n) is 0. The summed E-state index contributed by atoms with van der Waals surface area (Å²) in [6.07, 6.45) is 0. The molecule has 0 saturated heterocycles. The molecule has 7 heteroatoms. The van der Waals surface area contributed by atoms with Gasteiger partial charge in [0.2, 0.25) is 0 Å². The second-order valence-electron chi connectivity index (χ2n) is 0.374. The highest BCUT2D eigenvalue weighted by Gasteiger charge is 1.76. The van der Waals surface area contributed by atoms with Gasteiger partial charge in [0.25, 0.3) is 0 Å². The Hall–Kier alpha value is 0.500. The SMILES string of the molecule is O=[PH2]O.OP(O)O. The van der Waals surface area contributed by atoms with Crippen molar-refractivity contribution in [1.29, 1.82) is 0 Å². The fraction of sp³-hybridized carbons (Fsp3) is 0. The maximum absolute atomic E-state index is 8.57. The van der Waals surface area contributed by atoms with Crippen LogP contribution < -0.4 is 0 Å². The Morgan fingerprint density at radius 1 is 1.29 bits per heavy atom. The van der Waals surface area contributed by atoms with Gasteiger partial charge in [0.15, 0.2) is 8.69 Å². The molecule has 0 aliphatic heterocycles. The van der Waals surface area contributed by atoms with E-state index in [-0.39, 0.29) is 0 Å². The van der Waals surface area contributed by atoms with Crippen LogP contribution >= 0.6 is 17.3 Å². The minimum atomic E-state index is -2.62. The molecular weight excluding hydrogens is 142 g/mol. The van der Waals surface area contributed by atoms with E-state index in [9.17, 15) is 0 Å². The lowest BCUT2D eigenvalue weighted by Gasteiger charge is -1.76. The van der Waals surface area contributed by atoms with E-state index in [1.807, 2.05) is 0 Å². The third kappa shape index (κ3) is 527. The Morgan fingerprint density at radius 3 is 1.29 bits per heavy atom. The molecule has 0 heterocycles. The first-order chi connectivity index (χ1) is 3.15. The summed E-state index contributed by atoms with van der Waals surface area (Å²) in [5, 5.41) is 0. The second-order valence-corrected chi connectivity index (χ2v) is 1.12. The molecule has 0 fully saturated rings. The van der Waals surface area contributed by atoms with Crippen LogP contribution in [0.15, 0.2) is 0 Å². The van der Waals surface area contributed by atoms with Crippen molar-refractivity contribution in [3.8, 4) is 0 Å². The molecule has 0 aromatic carbocycles. The predicted octanol–water partition coefficient (Wildman–Crippen LogP) is -1.16. The molecule has 0 amide bonds. The van der Waals surface area contributed by atoms with Crippen molar-refractivity contribution in [2.24, 2.45) is 0 Å². The minimum absolute atomic E-state index is 1.50. The van der Waals surface area contributed by atoms with Crippen molar-refractivity contribution in [1.82, 2.24) is 0 Å². The highest BCUT2D eigenvalue weighted by Crippen LogP contribution is 2.11. The molecule has 0 bridgehead atoms. The molecular formula is H6O5P2. The van der Waals surface area contributed by atoms with Gasteiger partial charge in [-0.25, -0.2) is 0 Å². The van der Waals surface area contributed by atoms with Crippen LogP contribution in [0, 0.1) is 0 Å². The molecule has 0 rings (SSSR count). The molecule has 0 spiro atoms. The van der Waals surface area contributed by atoms with Gasteiger partial charge < -0.3 is 19.6 Å². The lowest BCUT2D eigenvalue weighted by Crippen LogP contribution is -1.54. The zero-order chi connectivity index (χ0) is 6.28. The first kappa shape index (κ1) is 10.5. The van der Waals surface area contributed by atoms with E-state index in [1.165, 1.54) is 0 Å². The molecule has 4 N–H and O–H groups in total. The van der Waals surface area contributed by atoms with Crippen molar-refractivity contribution in [2.75, 3.05) is 0 Å². The number of hydrogen-bond donors (Lipinski definition) is 4. The number of rotatable bonds is 0. The van der Waals surface area contributed by atoms with E-state index < -0.39 is 17.3 Å². The Balaban J connectivity index is 0. The Kier molecular flexibility index (Phi) is 14.5. The van der Waals surface area contributed by atoms with E-state index in [4.69, 9.17) is 24.1 Å². The second kappa shape index (κ2) is 9.71. The van der Waals surface area contributed by atoms with Crippen molar-refractivity contribution in [3.05, 3.63) is 0 Å². The molecule has 1 unspecified atom stereocenters. The monoisotopic (exact) mass is 148 g/mol. The molecule has 0 saturated carbocycles. The topological polar surface area (TPSA) is 98.0 Å². The quantitative estimate of drug-likeness (QED) is 0.325. The van der Waals surface area contributed by atoms with Crippen LogP contribution in [0.4, 0.5) is 0 Å². The lowest BCUT2D eigenvalue weighted by atomic mass is 15.8. The summed E-state index contributed by atoms with van der Waals surface area (Å²) in [6.45, 7) is 0. The molecule has 5 nitrogen and oxygen atoms in total. The van der Waals surface area contributed by atoms with Gasteiger partial charge in [0.1, 0.15) is 0 Å². The summed E-state index contributed by atoms with van der Waals surface area (Å²) in [4.78, 5) is 28.8. The van der Waals surface area contributed by atoms with Gasteiger partial charge in [-0.2, -0.15) is 0 Å². The molecule has 0 radical (unpaired) electrons. The smallest absolute Gasteiger partial charge is 0.324 e. The molecule has 0 aliphatic carbocycles. The van der Waals surface area contributed by atoms with Crippen LogP contribution in [-0.4, -0.2) is 19.6 Å². The molecule has 0 aromatic rings. The summed E-state index contributed by atoms with van der Waals surface area (Å²) < 4.78 is 8.57. The average molecular weight is 148 g/mol. The largest absolute Gasteiger partial charge is 0.348 e. The Morgan fingerprint density at radius 2 is 1.29 bits per heavy atom. The van der Waals surface area contributed by atoms with E-state index in [2.05, 4.69) is 0 Å². The standard InChI is InChI=1S/H3O3P.H3O2P/c1-4(2)3;1-3-2/h1-3H;3H2,(H,1,2). The van der Waals surface area contributed by atoms with Crippen molar-refractivity contribution >= 4 is 17.3 Å². The zero-order valence-electron chi connectivity index (χ0n) is 3.22. The van der Waals surface area contributed by atoms with Crippen LogP contribution in [0.25, 0.3) is 0 Å². The molecule has 7 heavy (non-hydrogen) atoms. The van der Waals surface area contributed by atoms with Gasteiger partial charge in [-0.1, -0.05) is 0 Å². The first-order valence-corrected chi connectivity index (χ1v) is 3.28. The normalized spacial score (nSPS) is 9.29. The maximum Gasteiger partial charge on any atom is 0.324 e. The van der Waals surface area contributed by atoms with Crippen molar-refractivity contribution < 1.29 is 24.1 Å². The summed E-state index contributed by atoms with van der Waals surface area (Å²) in [5.74, 6) is 0. The highest BCUT2D eigenvalue weighted by atomic mass is 31.2. The van der Waals surface area contributed by atoms with E-state index in [0.717, 1.165) is 0 Å². The van der Waals surface area contributed by atoms with Gasteiger partial charge in [-0.15, -0.1) is 0 Å². The third-order valence-corrected chi connectivity index (χ3v) is 0. The van der Waals surface area contributed by atoms with E-state index in [0.29, 0.717) is 0 Å².